The number of halogens is 2. The SMILES string of the molecule is CC1CC23CC(C)CC2(C1)c1cc(Br)ccc1-c1ccc(Br)cc13.Cc1cc(C(C)(C)C)cc(C)c1N(c1ccccc1)c1ccc2c(c1)C13CC(C)CC1(CC(C)C3)c1cc(N(c3ccccc3)c3c(C)cc(C(C)(C)C)cc3C)ccc1-2.Cc1cc(C(C)(C)C)cc(C)c1Nc1ccccc1. The smallest absolute Gasteiger partial charge is 0.0520 e. The summed E-state index contributed by atoms with van der Waals surface area (Å²) in [6.45, 7) is 44.3. The van der Waals surface area contributed by atoms with Crippen LogP contribution in [0.25, 0.3) is 22.3 Å². The molecule has 532 valence electrons. The lowest BCUT2D eigenvalue weighted by Gasteiger charge is -2.48. The van der Waals surface area contributed by atoms with Gasteiger partial charge in [-0.15, -0.1) is 0 Å². The van der Waals surface area contributed by atoms with Crippen LogP contribution < -0.4 is 15.1 Å². The summed E-state index contributed by atoms with van der Waals surface area (Å²) in [4.78, 5) is 5.11. The molecule has 16 rings (SSSR count). The normalized spacial score (nSPS) is 23.2. The van der Waals surface area contributed by atoms with Crippen molar-refractivity contribution in [3.8, 4) is 22.3 Å². The molecule has 4 saturated carbocycles. The van der Waals surface area contributed by atoms with Gasteiger partial charge in [-0.1, -0.05) is 237 Å². The van der Waals surface area contributed by atoms with Crippen LogP contribution in [-0.4, -0.2) is 0 Å². The van der Waals surface area contributed by atoms with Crippen molar-refractivity contribution in [2.75, 3.05) is 15.1 Å². The molecule has 4 fully saturated rings. The quantitative estimate of drug-likeness (QED) is 0.164. The largest absolute Gasteiger partial charge is 0.355 e. The van der Waals surface area contributed by atoms with Crippen LogP contribution in [0.3, 0.4) is 0 Å². The van der Waals surface area contributed by atoms with Crippen molar-refractivity contribution in [3.63, 3.8) is 0 Å². The molecule has 0 unspecified atom stereocenters. The number of anilines is 8. The number of fused-ring (bicyclic) bond motifs is 6. The fourth-order valence-electron chi connectivity index (χ4n) is 21.5. The summed E-state index contributed by atoms with van der Waals surface area (Å²) < 4.78 is 2.45. The summed E-state index contributed by atoms with van der Waals surface area (Å²) >= 11 is 7.51. The Balaban J connectivity index is 0.000000168. The monoisotopic (exact) mass is 1490 g/mol. The third-order valence-corrected chi connectivity index (χ3v) is 26.2. The zero-order valence-electron chi connectivity index (χ0n) is 65.2. The highest BCUT2D eigenvalue weighted by Gasteiger charge is 2.67. The van der Waals surface area contributed by atoms with Gasteiger partial charge in [-0.05, 0) is 312 Å². The first-order valence-corrected chi connectivity index (χ1v) is 40.1. The van der Waals surface area contributed by atoms with Gasteiger partial charge in [-0.3, -0.25) is 0 Å². The molecule has 0 spiro atoms. The highest BCUT2D eigenvalue weighted by Crippen LogP contribution is 2.74. The minimum absolute atomic E-state index is 0.0725. The molecule has 0 bridgehead atoms. The third kappa shape index (κ3) is 12.7. The van der Waals surface area contributed by atoms with Crippen molar-refractivity contribution < 1.29 is 0 Å². The number of nitrogens with zero attached hydrogens (tertiary/aromatic N) is 2. The predicted molar refractivity (Wildman–Crippen MR) is 450 cm³/mol. The van der Waals surface area contributed by atoms with Gasteiger partial charge in [0.1, 0.15) is 0 Å². The summed E-state index contributed by atoms with van der Waals surface area (Å²) in [6.07, 6.45) is 10.3. The molecular formula is C98H111Br2N3. The van der Waals surface area contributed by atoms with E-state index in [9.17, 15) is 0 Å². The van der Waals surface area contributed by atoms with Crippen molar-refractivity contribution in [3.05, 3.63) is 281 Å². The standard InChI is InChI=1S/C58H66N2.C22H22Br2.C18H23N/c1-37-33-57-35-38(2)36-58(57,34-37)52-32-48(60(46-21-17-14-18-22-46)54-41(5)29-44(30-42(54)6)56(10,11)12)24-26-50(52)49-25-23-47(31-51(49)57)59(45-19-15-13-16-20-45)53-39(3)27-43(28-40(53)4)55(7,8)9;1-13-9-21-11-14(2)12-22(21,10-13)20-8-16(24)4-6-18(20)17-5-3-15(23)7-19(17)21;1-13-11-15(18(3,4)5)12-14(2)17(13)19-16-9-7-6-8-10-16/h13-32,37-38H,33-36H2,1-12H3;3-8,13-14H,9-12H2,1-2H3;6-12,19H,1-5H3. The molecule has 0 amide bonds. The van der Waals surface area contributed by atoms with Crippen LogP contribution in [0.4, 0.5) is 45.5 Å². The van der Waals surface area contributed by atoms with E-state index in [1.807, 2.05) is 6.07 Å². The maximum atomic E-state index is 3.75. The lowest BCUT2D eigenvalue weighted by molar-refractivity contribution is 0.299. The van der Waals surface area contributed by atoms with Gasteiger partial charge in [0, 0.05) is 64.7 Å². The summed E-state index contributed by atoms with van der Waals surface area (Å²) in [5, 5.41) is 3.52. The molecule has 10 aromatic rings. The number of hydrogen-bond acceptors (Lipinski definition) is 3. The number of nitrogens with one attached hydrogen (secondary N) is 1. The molecule has 0 heterocycles. The number of rotatable bonds is 8. The van der Waals surface area contributed by atoms with Gasteiger partial charge in [0.15, 0.2) is 0 Å². The molecular weight excluding hydrogens is 1380 g/mol. The Morgan fingerprint density at radius 2 is 0.573 bits per heavy atom. The fourth-order valence-corrected chi connectivity index (χ4v) is 22.2. The Morgan fingerprint density at radius 3 is 0.864 bits per heavy atom. The molecule has 0 aromatic heterocycles. The molecule has 6 aliphatic rings. The zero-order valence-corrected chi connectivity index (χ0v) is 68.3. The molecule has 3 nitrogen and oxygen atoms in total. The van der Waals surface area contributed by atoms with Crippen LogP contribution in [0.1, 0.15) is 214 Å². The van der Waals surface area contributed by atoms with E-state index < -0.39 is 0 Å². The van der Waals surface area contributed by atoms with Crippen LogP contribution in [0, 0.1) is 65.2 Å². The lowest BCUT2D eigenvalue weighted by Crippen LogP contribution is -2.43. The van der Waals surface area contributed by atoms with Crippen molar-refractivity contribution in [2.24, 2.45) is 23.7 Å². The first kappa shape index (κ1) is 72.5. The van der Waals surface area contributed by atoms with Crippen LogP contribution in [-0.2, 0) is 37.9 Å². The highest BCUT2D eigenvalue weighted by atomic mass is 79.9. The average molecular weight is 1490 g/mol. The second-order valence-corrected chi connectivity index (χ2v) is 38.0. The van der Waals surface area contributed by atoms with E-state index in [2.05, 4.69) is 373 Å². The minimum Gasteiger partial charge on any atom is -0.355 e. The van der Waals surface area contributed by atoms with Crippen LogP contribution in [0.5, 0.6) is 0 Å². The summed E-state index contributed by atoms with van der Waals surface area (Å²) in [5.41, 5.74) is 35.2. The summed E-state index contributed by atoms with van der Waals surface area (Å²) in [7, 11) is 0. The summed E-state index contributed by atoms with van der Waals surface area (Å²) in [6, 6.07) is 75.8. The lowest BCUT2D eigenvalue weighted by atomic mass is 9.55. The van der Waals surface area contributed by atoms with Crippen molar-refractivity contribution in [1.82, 2.24) is 0 Å². The third-order valence-electron chi connectivity index (χ3n) is 25.2. The maximum Gasteiger partial charge on any atom is 0.0520 e. The zero-order chi connectivity index (χ0) is 73.3. The average Bonchev–Trinajstić information content (AvgIpc) is 1.52. The van der Waals surface area contributed by atoms with Gasteiger partial charge >= 0.3 is 0 Å². The fraction of sp³-hybridized carbons (Fsp3) is 0.388. The van der Waals surface area contributed by atoms with Gasteiger partial charge in [-0.25, -0.2) is 0 Å². The van der Waals surface area contributed by atoms with Gasteiger partial charge in [0.25, 0.3) is 0 Å². The topological polar surface area (TPSA) is 18.5 Å². The van der Waals surface area contributed by atoms with Gasteiger partial charge in [0.2, 0.25) is 0 Å². The van der Waals surface area contributed by atoms with Crippen LogP contribution in [0.15, 0.2) is 209 Å². The van der Waals surface area contributed by atoms with E-state index in [1.165, 1.54) is 172 Å². The van der Waals surface area contributed by atoms with E-state index >= 15 is 0 Å². The molecule has 0 aliphatic heterocycles. The van der Waals surface area contributed by atoms with Gasteiger partial charge < -0.3 is 15.1 Å². The first-order valence-electron chi connectivity index (χ1n) is 38.5. The van der Waals surface area contributed by atoms with E-state index in [1.54, 1.807) is 22.3 Å². The molecule has 10 aromatic carbocycles. The molecule has 0 atom stereocenters. The molecule has 6 aliphatic carbocycles. The van der Waals surface area contributed by atoms with Crippen LogP contribution >= 0.6 is 31.9 Å². The minimum atomic E-state index is 0.0725. The van der Waals surface area contributed by atoms with Gasteiger partial charge in [-0.2, -0.15) is 0 Å². The molecule has 0 saturated heterocycles. The molecule has 0 radical (unpaired) electrons. The van der Waals surface area contributed by atoms with Crippen molar-refractivity contribution >= 4 is 77.4 Å². The highest BCUT2D eigenvalue weighted by molar-refractivity contribution is 9.10. The Labute approximate surface area is 636 Å². The Bertz CT molecular complexity index is 4520. The maximum absolute atomic E-state index is 3.75. The predicted octanol–water partition coefficient (Wildman–Crippen LogP) is 29.0. The van der Waals surface area contributed by atoms with E-state index in [-0.39, 0.29) is 27.1 Å². The summed E-state index contributed by atoms with van der Waals surface area (Å²) in [5.74, 6) is 2.88. The number of aryl methyl sites for hydroxylation is 6. The van der Waals surface area contributed by atoms with Gasteiger partial charge in [0.05, 0.1) is 11.4 Å². The number of benzene rings is 10. The molecule has 5 heteroatoms. The molecule has 103 heavy (non-hydrogen) atoms. The molecule has 1 N–H and O–H groups in total. The van der Waals surface area contributed by atoms with Crippen molar-refractivity contribution in [2.45, 2.75) is 221 Å². The number of hydrogen-bond donors (Lipinski definition) is 1. The van der Waals surface area contributed by atoms with E-state index in [4.69, 9.17) is 0 Å². The second kappa shape index (κ2) is 26.9. The Morgan fingerprint density at radius 1 is 0.311 bits per heavy atom. The van der Waals surface area contributed by atoms with E-state index in [0.29, 0.717) is 22.7 Å². The first-order chi connectivity index (χ1) is 48.7. The number of para-hydroxylation sites is 3. The Kier molecular flexibility index (Phi) is 18.9. The van der Waals surface area contributed by atoms with Crippen LogP contribution in [0.2, 0.25) is 0 Å². The second-order valence-electron chi connectivity index (χ2n) is 36.2. The Hall–Kier alpha value is -7.44. The van der Waals surface area contributed by atoms with Crippen molar-refractivity contribution in [1.29, 1.82) is 0 Å². The van der Waals surface area contributed by atoms with E-state index in [0.717, 1.165) is 17.5 Å².